The smallest absolute Gasteiger partial charge is 0.0388 e. The second-order valence-corrected chi connectivity index (χ2v) is 7.89. The first-order chi connectivity index (χ1) is 9.13. The Hall–Kier alpha value is 0. The third-order valence-electron chi connectivity index (χ3n) is 6.66. The van der Waals surface area contributed by atoms with Gasteiger partial charge in [-0.05, 0) is 54.8 Å². The molecule has 2 aliphatic rings. The van der Waals surface area contributed by atoms with E-state index in [2.05, 4.69) is 27.7 Å². The molecule has 2 fully saturated rings. The first-order valence-corrected chi connectivity index (χ1v) is 9.13. The van der Waals surface area contributed by atoms with Gasteiger partial charge in [-0.25, -0.2) is 0 Å². The van der Waals surface area contributed by atoms with Gasteiger partial charge in [0.1, 0.15) is 0 Å². The average Bonchev–Trinajstić information content (AvgIpc) is 2.43. The Labute approximate surface area is 121 Å². The third kappa shape index (κ3) is 3.99. The van der Waals surface area contributed by atoms with E-state index in [0.717, 1.165) is 35.5 Å². The summed E-state index contributed by atoms with van der Waals surface area (Å²) < 4.78 is 0. The number of rotatable bonds is 4. The number of hydrogen-bond donors (Lipinski definition) is 0. The molecule has 0 heteroatoms. The van der Waals surface area contributed by atoms with Crippen LogP contribution >= 0.6 is 0 Å². The molecule has 2 aliphatic carbocycles. The molecule has 112 valence electrons. The zero-order chi connectivity index (χ0) is 13.8. The average molecular weight is 264 g/mol. The minimum Gasteiger partial charge on any atom is -0.0651 e. The van der Waals surface area contributed by atoms with Crippen molar-refractivity contribution in [2.45, 2.75) is 85.5 Å². The zero-order valence-corrected chi connectivity index (χ0v) is 13.8. The topological polar surface area (TPSA) is 0 Å². The summed E-state index contributed by atoms with van der Waals surface area (Å²) in [5, 5.41) is 0. The van der Waals surface area contributed by atoms with E-state index < -0.39 is 0 Å². The van der Waals surface area contributed by atoms with Crippen molar-refractivity contribution in [3.05, 3.63) is 0 Å². The minimum atomic E-state index is 0.996. The molecule has 0 aromatic carbocycles. The van der Waals surface area contributed by atoms with Crippen LogP contribution in [0.5, 0.6) is 0 Å². The molecular weight excluding hydrogens is 228 g/mol. The monoisotopic (exact) mass is 264 g/mol. The highest BCUT2D eigenvalue weighted by Gasteiger charge is 2.31. The summed E-state index contributed by atoms with van der Waals surface area (Å²) >= 11 is 0. The van der Waals surface area contributed by atoms with Gasteiger partial charge in [-0.1, -0.05) is 66.2 Å². The van der Waals surface area contributed by atoms with Crippen LogP contribution in [0.2, 0.25) is 0 Å². The molecular formula is C19H36. The Bertz CT molecular complexity index is 231. The largest absolute Gasteiger partial charge is 0.0651 e. The molecule has 6 atom stereocenters. The molecule has 0 aromatic rings. The van der Waals surface area contributed by atoms with Crippen molar-refractivity contribution in [3.63, 3.8) is 0 Å². The van der Waals surface area contributed by atoms with Crippen LogP contribution < -0.4 is 0 Å². The van der Waals surface area contributed by atoms with Crippen molar-refractivity contribution < 1.29 is 0 Å². The molecule has 0 amide bonds. The molecule has 0 N–H and O–H groups in total. The zero-order valence-electron chi connectivity index (χ0n) is 13.8. The fourth-order valence-corrected chi connectivity index (χ4v) is 5.06. The van der Waals surface area contributed by atoms with Gasteiger partial charge >= 0.3 is 0 Å². The molecule has 0 radical (unpaired) electrons. The van der Waals surface area contributed by atoms with E-state index in [4.69, 9.17) is 0 Å². The first-order valence-electron chi connectivity index (χ1n) is 9.13. The summed E-state index contributed by atoms with van der Waals surface area (Å²) in [4.78, 5) is 0. The van der Waals surface area contributed by atoms with Crippen molar-refractivity contribution in [2.24, 2.45) is 35.5 Å². The minimum absolute atomic E-state index is 0.996. The lowest BCUT2D eigenvalue weighted by Gasteiger charge is -2.39. The van der Waals surface area contributed by atoms with E-state index in [1.165, 1.54) is 38.5 Å². The second kappa shape index (κ2) is 7.14. The Morgan fingerprint density at radius 1 is 0.684 bits per heavy atom. The van der Waals surface area contributed by atoms with Crippen LogP contribution in [0.1, 0.15) is 85.5 Å². The highest BCUT2D eigenvalue weighted by atomic mass is 14.4. The van der Waals surface area contributed by atoms with E-state index in [0.29, 0.717) is 0 Å². The molecule has 0 aromatic heterocycles. The second-order valence-electron chi connectivity index (χ2n) is 7.89. The van der Waals surface area contributed by atoms with Crippen molar-refractivity contribution in [2.75, 3.05) is 0 Å². The van der Waals surface area contributed by atoms with Gasteiger partial charge in [0.05, 0.1) is 0 Å². The van der Waals surface area contributed by atoms with Crippen LogP contribution in [0, 0.1) is 35.5 Å². The van der Waals surface area contributed by atoms with Crippen molar-refractivity contribution in [1.82, 2.24) is 0 Å². The van der Waals surface area contributed by atoms with Gasteiger partial charge < -0.3 is 0 Å². The summed E-state index contributed by atoms with van der Waals surface area (Å²) in [5.41, 5.74) is 0. The van der Waals surface area contributed by atoms with Crippen molar-refractivity contribution in [3.8, 4) is 0 Å². The Morgan fingerprint density at radius 3 is 1.47 bits per heavy atom. The van der Waals surface area contributed by atoms with Gasteiger partial charge in [0.15, 0.2) is 0 Å². The Kier molecular flexibility index (Phi) is 5.78. The maximum absolute atomic E-state index is 2.49. The van der Waals surface area contributed by atoms with E-state index in [-0.39, 0.29) is 0 Å². The Balaban J connectivity index is 1.81. The van der Waals surface area contributed by atoms with Gasteiger partial charge in [-0.15, -0.1) is 0 Å². The van der Waals surface area contributed by atoms with Gasteiger partial charge in [0, 0.05) is 0 Å². The molecule has 0 nitrogen and oxygen atoms in total. The lowest BCUT2D eigenvalue weighted by Crippen LogP contribution is -2.27. The SMILES string of the molecule is CCC1CC(CC2CCC(C)C(CC)C2)CCC1C. The number of hydrogen-bond acceptors (Lipinski definition) is 0. The summed E-state index contributed by atoms with van der Waals surface area (Å²) in [6.45, 7) is 9.78. The summed E-state index contributed by atoms with van der Waals surface area (Å²) in [5.74, 6) is 6.19. The van der Waals surface area contributed by atoms with Gasteiger partial charge in [0.25, 0.3) is 0 Å². The maximum atomic E-state index is 2.49. The summed E-state index contributed by atoms with van der Waals surface area (Å²) in [7, 11) is 0. The maximum Gasteiger partial charge on any atom is -0.0388 e. The quantitative estimate of drug-likeness (QED) is 0.559. The van der Waals surface area contributed by atoms with Crippen molar-refractivity contribution >= 4 is 0 Å². The molecule has 0 spiro atoms. The van der Waals surface area contributed by atoms with E-state index in [1.807, 2.05) is 0 Å². The third-order valence-corrected chi connectivity index (χ3v) is 6.66. The van der Waals surface area contributed by atoms with E-state index in [9.17, 15) is 0 Å². The van der Waals surface area contributed by atoms with Gasteiger partial charge in [0.2, 0.25) is 0 Å². The predicted octanol–water partition coefficient (Wildman–Crippen LogP) is 6.30. The molecule has 2 saturated carbocycles. The normalized spacial score (nSPS) is 44.2. The van der Waals surface area contributed by atoms with Gasteiger partial charge in [-0.3, -0.25) is 0 Å². The van der Waals surface area contributed by atoms with Crippen molar-refractivity contribution in [1.29, 1.82) is 0 Å². The van der Waals surface area contributed by atoms with Crippen LogP contribution in [-0.4, -0.2) is 0 Å². The molecule has 0 saturated heterocycles. The molecule has 19 heavy (non-hydrogen) atoms. The molecule has 0 heterocycles. The predicted molar refractivity (Wildman–Crippen MR) is 85.2 cm³/mol. The standard InChI is InChI=1S/C19H36/c1-5-18-12-16(9-7-14(18)3)11-17-10-8-15(4)19(6-2)13-17/h14-19H,5-13H2,1-4H3. The molecule has 6 unspecified atom stereocenters. The molecule has 0 bridgehead atoms. The fourth-order valence-electron chi connectivity index (χ4n) is 5.06. The van der Waals surface area contributed by atoms with Gasteiger partial charge in [-0.2, -0.15) is 0 Å². The van der Waals surface area contributed by atoms with Crippen LogP contribution in [-0.2, 0) is 0 Å². The first kappa shape index (κ1) is 15.4. The highest BCUT2D eigenvalue weighted by Crippen LogP contribution is 2.43. The van der Waals surface area contributed by atoms with Crippen LogP contribution in [0.25, 0.3) is 0 Å². The van der Waals surface area contributed by atoms with E-state index in [1.54, 1.807) is 19.3 Å². The summed E-state index contributed by atoms with van der Waals surface area (Å²) in [6, 6.07) is 0. The highest BCUT2D eigenvalue weighted by molar-refractivity contribution is 4.82. The van der Waals surface area contributed by atoms with Crippen LogP contribution in [0.3, 0.4) is 0 Å². The van der Waals surface area contributed by atoms with Crippen LogP contribution in [0.15, 0.2) is 0 Å². The van der Waals surface area contributed by atoms with Crippen LogP contribution in [0.4, 0.5) is 0 Å². The molecule has 2 rings (SSSR count). The molecule has 0 aliphatic heterocycles. The lowest BCUT2D eigenvalue weighted by molar-refractivity contribution is 0.124. The summed E-state index contributed by atoms with van der Waals surface area (Å²) in [6.07, 6.45) is 13.5. The fraction of sp³-hybridized carbons (Fsp3) is 1.00. The van der Waals surface area contributed by atoms with E-state index >= 15 is 0 Å². The lowest BCUT2D eigenvalue weighted by atomic mass is 9.67. The Morgan fingerprint density at radius 2 is 1.11 bits per heavy atom.